The highest BCUT2D eigenvalue weighted by molar-refractivity contribution is 4.97. The van der Waals surface area contributed by atoms with Crippen molar-refractivity contribution in [3.8, 4) is 0 Å². The summed E-state index contributed by atoms with van der Waals surface area (Å²) >= 11 is 0. The molecule has 0 nitrogen and oxygen atoms in total. The molecule has 0 bridgehead atoms. The lowest BCUT2D eigenvalue weighted by Gasteiger charge is -1.43. The van der Waals surface area contributed by atoms with Gasteiger partial charge >= 0.3 is 0 Å². The monoisotopic (exact) mass is 79.1 g/mol. The average Bonchev–Trinajstić information content (AvgIpc) is 1.61. The highest BCUT2D eigenvalue weighted by Crippen LogP contribution is 1.63. The van der Waals surface area contributed by atoms with Crippen LogP contribution in [0.3, 0.4) is 0 Å². The molecule has 0 fully saturated rings. The Labute approximate surface area is 38.5 Å². The van der Waals surface area contributed by atoms with Gasteiger partial charge < -0.3 is 0 Å². The van der Waals surface area contributed by atoms with Crippen molar-refractivity contribution in [3.63, 3.8) is 0 Å². The van der Waals surface area contributed by atoms with Gasteiger partial charge in [0.15, 0.2) is 6.08 Å². The van der Waals surface area contributed by atoms with Crippen LogP contribution in [0.1, 0.15) is 0 Å². The first kappa shape index (κ1) is 5.13. The van der Waals surface area contributed by atoms with Gasteiger partial charge in [-0.15, -0.1) is 0 Å². The molecule has 0 heterocycles. The molecule has 0 radical (unpaired) electrons. The van der Waals surface area contributed by atoms with Gasteiger partial charge in [0.2, 0.25) is 0 Å². The van der Waals surface area contributed by atoms with E-state index in [2.05, 4.69) is 19.2 Å². The molecular formula is C6H7+. The van der Waals surface area contributed by atoms with E-state index in [0.29, 0.717) is 0 Å². The molecule has 0 N–H and O–H groups in total. The minimum Gasteiger partial charge on any atom is -0.0966 e. The molecule has 6 heavy (non-hydrogen) atoms. The van der Waals surface area contributed by atoms with E-state index in [0.717, 1.165) is 0 Å². The molecule has 0 aliphatic rings. The molecule has 0 aliphatic carbocycles. The summed E-state index contributed by atoms with van der Waals surface area (Å²) in [5.41, 5.74) is 2.72. The van der Waals surface area contributed by atoms with Crippen LogP contribution in [0.5, 0.6) is 0 Å². The second-order valence-corrected chi connectivity index (χ2v) is 0.773. The Morgan fingerprint density at radius 1 is 1.67 bits per heavy atom. The van der Waals surface area contributed by atoms with Gasteiger partial charge in [0.05, 0.1) is 11.8 Å². The Bertz CT molecular complexity index is 82.2. The van der Waals surface area contributed by atoms with Gasteiger partial charge in [0.1, 0.15) is 0 Å². The third-order valence-electron chi connectivity index (χ3n) is 0.332. The first-order valence-corrected chi connectivity index (χ1v) is 1.73. The highest BCUT2D eigenvalue weighted by atomic mass is 13.5. The van der Waals surface area contributed by atoms with Gasteiger partial charge in [0, 0.05) is 6.92 Å². The van der Waals surface area contributed by atoms with Crippen molar-refractivity contribution in [2.45, 2.75) is 0 Å². The number of hydrogen-bond acceptors (Lipinski definition) is 0. The van der Waals surface area contributed by atoms with Gasteiger partial charge in [-0.3, -0.25) is 0 Å². The highest BCUT2D eigenvalue weighted by Gasteiger charge is 1.54. The number of allylic oxidation sites excluding steroid dienone is 2. The molecule has 0 amide bonds. The summed E-state index contributed by atoms with van der Waals surface area (Å²) in [6, 6.07) is 0. The molecule has 0 saturated heterocycles. The molecule has 0 aromatic carbocycles. The van der Waals surface area contributed by atoms with Crippen molar-refractivity contribution in [3.05, 3.63) is 37.5 Å². The van der Waals surface area contributed by atoms with Crippen LogP contribution in [-0.4, -0.2) is 0 Å². The van der Waals surface area contributed by atoms with E-state index in [1.807, 2.05) is 0 Å². The summed E-state index contributed by atoms with van der Waals surface area (Å²) in [7, 11) is 0. The van der Waals surface area contributed by atoms with Crippen LogP contribution in [0.2, 0.25) is 0 Å². The molecule has 0 heteroatoms. The molecular weight excluding hydrogens is 72.1 g/mol. The fraction of sp³-hybridized carbons (Fsp3) is 0. The van der Waals surface area contributed by atoms with Crippen molar-refractivity contribution >= 4 is 0 Å². The maximum atomic E-state index is 3.43. The molecule has 0 atom stereocenters. The fourth-order valence-electron chi connectivity index (χ4n) is 0.136. The Balaban J connectivity index is 3.46. The van der Waals surface area contributed by atoms with Crippen LogP contribution in [0.4, 0.5) is 0 Å². The minimum absolute atomic E-state index is 1.58. The first-order chi connectivity index (χ1) is 2.91. The van der Waals surface area contributed by atoms with Crippen LogP contribution < -0.4 is 0 Å². The van der Waals surface area contributed by atoms with E-state index in [1.54, 1.807) is 18.2 Å². The predicted molar refractivity (Wildman–Crippen MR) is 28.2 cm³/mol. The van der Waals surface area contributed by atoms with E-state index >= 15 is 0 Å². The second-order valence-electron chi connectivity index (χ2n) is 0.773. The van der Waals surface area contributed by atoms with E-state index in [4.69, 9.17) is 0 Å². The van der Waals surface area contributed by atoms with E-state index < -0.39 is 0 Å². The lowest BCUT2D eigenvalue weighted by atomic mass is 10.5. The summed E-state index contributed by atoms with van der Waals surface area (Å²) < 4.78 is 0. The van der Waals surface area contributed by atoms with Crippen LogP contribution in [0.25, 0.3) is 0 Å². The third kappa shape index (κ3) is 3.13. The van der Waals surface area contributed by atoms with Crippen LogP contribution in [-0.2, 0) is 0 Å². The zero-order chi connectivity index (χ0) is 4.83. The molecule has 0 unspecified atom stereocenters. The molecule has 0 spiro atoms. The summed E-state index contributed by atoms with van der Waals surface area (Å²) in [4.78, 5) is 0. The van der Waals surface area contributed by atoms with Crippen molar-refractivity contribution in [2.24, 2.45) is 0 Å². The Morgan fingerprint density at radius 2 is 2.33 bits per heavy atom. The Hall–Kier alpha value is -0.870. The van der Waals surface area contributed by atoms with Crippen LogP contribution >= 0.6 is 0 Å². The molecule has 30 valence electrons. The van der Waals surface area contributed by atoms with Crippen LogP contribution in [0, 0.1) is 6.92 Å². The summed E-state index contributed by atoms with van der Waals surface area (Å²) in [6.45, 7) is 6.84. The second kappa shape index (κ2) is 4.13. The van der Waals surface area contributed by atoms with E-state index in [1.165, 1.54) is 0 Å². The van der Waals surface area contributed by atoms with Gasteiger partial charge in [0.25, 0.3) is 0 Å². The Kier molecular flexibility index (Phi) is 3.53. The zero-order valence-corrected chi connectivity index (χ0v) is 3.65. The smallest absolute Gasteiger partial charge is 0.0966 e. The number of hydrogen-bond donors (Lipinski definition) is 0. The largest absolute Gasteiger partial charge is 0.152 e. The lowest BCUT2D eigenvalue weighted by Crippen LogP contribution is -1.32. The average molecular weight is 79.1 g/mol. The maximum absolute atomic E-state index is 3.43. The summed E-state index contributed by atoms with van der Waals surface area (Å²) in [5.74, 6) is 0. The van der Waals surface area contributed by atoms with Gasteiger partial charge in [-0.25, -0.2) is 0 Å². The van der Waals surface area contributed by atoms with Crippen molar-refractivity contribution in [1.29, 1.82) is 0 Å². The minimum atomic E-state index is 1.58. The van der Waals surface area contributed by atoms with Gasteiger partial charge in [-0.1, -0.05) is 6.58 Å². The first-order valence-electron chi connectivity index (χ1n) is 1.73. The standard InChI is InChI=1S/C6H7/c1-3-5-6-4-2/h3-5H,1-2H2/q+1. The van der Waals surface area contributed by atoms with Gasteiger partial charge in [-0.05, 0) is 6.08 Å². The lowest BCUT2D eigenvalue weighted by molar-refractivity contribution is 2.01. The molecule has 0 aromatic rings. The van der Waals surface area contributed by atoms with Gasteiger partial charge in [-0.2, -0.15) is 0 Å². The van der Waals surface area contributed by atoms with Crippen molar-refractivity contribution in [2.75, 3.05) is 0 Å². The third-order valence-corrected chi connectivity index (χ3v) is 0.332. The molecule has 0 rings (SSSR count). The van der Waals surface area contributed by atoms with E-state index in [9.17, 15) is 0 Å². The zero-order valence-electron chi connectivity index (χ0n) is 3.65. The topological polar surface area (TPSA) is 0 Å². The summed E-state index contributed by atoms with van der Waals surface area (Å²) in [6.07, 6.45) is 4.94. The number of rotatable bonds is 1. The fourth-order valence-corrected chi connectivity index (χ4v) is 0.136. The maximum Gasteiger partial charge on any atom is 0.152 e. The molecule has 0 saturated carbocycles. The predicted octanol–water partition coefficient (Wildman–Crippen LogP) is 1.72. The van der Waals surface area contributed by atoms with E-state index in [-0.39, 0.29) is 0 Å². The Morgan fingerprint density at radius 3 is 2.50 bits per heavy atom. The summed E-state index contributed by atoms with van der Waals surface area (Å²) in [5, 5.41) is 0. The van der Waals surface area contributed by atoms with Crippen molar-refractivity contribution in [1.82, 2.24) is 0 Å². The quantitative estimate of drug-likeness (QED) is 0.255. The SMILES string of the molecule is C=CC=C=C[CH2+]. The molecule has 0 aromatic heterocycles. The van der Waals surface area contributed by atoms with Crippen molar-refractivity contribution < 1.29 is 0 Å². The van der Waals surface area contributed by atoms with Crippen LogP contribution in [0.15, 0.2) is 30.5 Å². The normalized spacial score (nSPS) is 5.33. The molecule has 0 aliphatic heterocycles.